The lowest BCUT2D eigenvalue weighted by molar-refractivity contribution is 0.0697. The van der Waals surface area contributed by atoms with Crippen molar-refractivity contribution in [3.63, 3.8) is 0 Å². The van der Waals surface area contributed by atoms with Crippen LogP contribution in [-0.2, 0) is 13.6 Å². The maximum Gasteiger partial charge on any atom is 0.339 e. The topological polar surface area (TPSA) is 92.9 Å². The number of hydrogen-bond acceptors (Lipinski definition) is 5. The second-order valence-corrected chi connectivity index (χ2v) is 3.39. The van der Waals surface area contributed by atoms with Gasteiger partial charge in [0.2, 0.25) is 0 Å². The first-order chi connectivity index (χ1) is 8.16. The Morgan fingerprint density at radius 3 is 3.00 bits per heavy atom. The lowest BCUT2D eigenvalue weighted by Crippen LogP contribution is -2.09. The molecule has 2 rings (SSSR count). The molecule has 2 aromatic heterocycles. The number of pyridine rings is 1. The van der Waals surface area contributed by atoms with E-state index >= 15 is 0 Å². The largest absolute Gasteiger partial charge is 0.478 e. The Labute approximate surface area is 97.1 Å². The van der Waals surface area contributed by atoms with E-state index < -0.39 is 5.97 Å². The molecule has 0 radical (unpaired) electrons. The lowest BCUT2D eigenvalue weighted by atomic mass is 10.2. The fourth-order valence-electron chi connectivity index (χ4n) is 1.35. The van der Waals surface area contributed by atoms with Gasteiger partial charge < -0.3 is 10.4 Å². The van der Waals surface area contributed by atoms with Crippen LogP contribution in [0.15, 0.2) is 24.7 Å². The zero-order chi connectivity index (χ0) is 12.3. The summed E-state index contributed by atoms with van der Waals surface area (Å²) in [5, 5.41) is 15.9. The highest BCUT2D eigenvalue weighted by Crippen LogP contribution is 2.11. The highest BCUT2D eigenvalue weighted by Gasteiger charge is 2.10. The summed E-state index contributed by atoms with van der Waals surface area (Å²) in [4.78, 5) is 18.9. The molecular formula is C10H11N5O2. The number of carboxylic acid groups (broad SMARTS) is 1. The summed E-state index contributed by atoms with van der Waals surface area (Å²) in [7, 11) is 1.76. The Balaban J connectivity index is 2.11. The number of hydrogen-bond donors (Lipinski definition) is 2. The van der Waals surface area contributed by atoms with Gasteiger partial charge in [0, 0.05) is 13.2 Å². The number of anilines is 1. The predicted octanol–water partition coefficient (Wildman–Crippen LogP) is 0.520. The number of nitrogens with one attached hydrogen (secondary N) is 1. The minimum atomic E-state index is -1.02. The Hall–Kier alpha value is -2.44. The van der Waals surface area contributed by atoms with Gasteiger partial charge in [-0.05, 0) is 12.1 Å². The van der Waals surface area contributed by atoms with Crippen LogP contribution in [0.1, 0.15) is 16.2 Å². The van der Waals surface area contributed by atoms with Crippen molar-refractivity contribution >= 4 is 11.8 Å². The zero-order valence-electron chi connectivity index (χ0n) is 9.16. The molecule has 0 aliphatic rings. The number of carbonyl (C=O) groups is 1. The van der Waals surface area contributed by atoms with Gasteiger partial charge in [0.1, 0.15) is 17.7 Å². The third kappa shape index (κ3) is 2.57. The third-order valence-corrected chi connectivity index (χ3v) is 2.10. The number of nitrogens with zero attached hydrogens (tertiary/aromatic N) is 4. The van der Waals surface area contributed by atoms with Crippen molar-refractivity contribution in [3.8, 4) is 0 Å². The average Bonchev–Trinajstić information content (AvgIpc) is 2.73. The van der Waals surface area contributed by atoms with E-state index in [4.69, 9.17) is 5.11 Å². The Morgan fingerprint density at radius 1 is 1.53 bits per heavy atom. The quantitative estimate of drug-likeness (QED) is 0.799. The van der Waals surface area contributed by atoms with E-state index in [2.05, 4.69) is 20.4 Å². The van der Waals surface area contributed by atoms with E-state index in [1.807, 2.05) is 0 Å². The molecule has 2 N–H and O–H groups in total. The molecule has 0 saturated heterocycles. The number of aromatic carboxylic acids is 1. The van der Waals surface area contributed by atoms with Crippen LogP contribution in [0.25, 0.3) is 0 Å². The van der Waals surface area contributed by atoms with Crippen LogP contribution < -0.4 is 5.32 Å². The maximum atomic E-state index is 10.9. The van der Waals surface area contributed by atoms with Crippen LogP contribution in [0.3, 0.4) is 0 Å². The molecule has 0 bridgehead atoms. The predicted molar refractivity (Wildman–Crippen MR) is 59.5 cm³/mol. The summed E-state index contributed by atoms with van der Waals surface area (Å²) < 4.78 is 1.58. The lowest BCUT2D eigenvalue weighted by Gasteiger charge is -2.05. The molecule has 88 valence electrons. The van der Waals surface area contributed by atoms with Gasteiger partial charge in [-0.2, -0.15) is 5.10 Å². The van der Waals surface area contributed by atoms with Gasteiger partial charge in [-0.25, -0.2) is 14.8 Å². The van der Waals surface area contributed by atoms with Crippen molar-refractivity contribution in [1.82, 2.24) is 19.7 Å². The van der Waals surface area contributed by atoms with E-state index in [9.17, 15) is 4.79 Å². The zero-order valence-corrected chi connectivity index (χ0v) is 9.16. The standard InChI is InChI=1S/C10H11N5O2/c1-15-6-13-8(14-15)5-12-9-7(10(16)17)3-2-4-11-9/h2-4,6H,5H2,1H3,(H,11,12)(H,16,17). The minimum absolute atomic E-state index is 0.128. The van der Waals surface area contributed by atoms with Crippen molar-refractivity contribution in [1.29, 1.82) is 0 Å². The monoisotopic (exact) mass is 233 g/mol. The molecule has 7 heteroatoms. The Morgan fingerprint density at radius 2 is 2.35 bits per heavy atom. The molecule has 0 aromatic carbocycles. The van der Waals surface area contributed by atoms with Gasteiger partial charge in [-0.1, -0.05) is 0 Å². The number of aryl methyl sites for hydroxylation is 1. The molecule has 0 aliphatic carbocycles. The summed E-state index contributed by atoms with van der Waals surface area (Å²) in [6.45, 7) is 0.331. The maximum absolute atomic E-state index is 10.9. The van der Waals surface area contributed by atoms with Gasteiger partial charge in [-0.3, -0.25) is 4.68 Å². The summed E-state index contributed by atoms with van der Waals surface area (Å²) in [6, 6.07) is 3.07. The van der Waals surface area contributed by atoms with E-state index in [0.29, 0.717) is 18.2 Å². The fraction of sp³-hybridized carbons (Fsp3) is 0.200. The first kappa shape index (κ1) is 11.1. The van der Waals surface area contributed by atoms with E-state index in [-0.39, 0.29) is 5.56 Å². The van der Waals surface area contributed by atoms with Gasteiger partial charge >= 0.3 is 5.97 Å². The highest BCUT2D eigenvalue weighted by atomic mass is 16.4. The first-order valence-corrected chi connectivity index (χ1v) is 4.93. The molecule has 0 fully saturated rings. The molecule has 0 atom stereocenters. The van der Waals surface area contributed by atoms with E-state index in [0.717, 1.165) is 0 Å². The fourth-order valence-corrected chi connectivity index (χ4v) is 1.35. The second-order valence-electron chi connectivity index (χ2n) is 3.39. The highest BCUT2D eigenvalue weighted by molar-refractivity contribution is 5.92. The van der Waals surface area contributed by atoms with E-state index in [1.54, 1.807) is 24.1 Å². The van der Waals surface area contributed by atoms with Crippen LogP contribution >= 0.6 is 0 Å². The number of aromatic nitrogens is 4. The summed E-state index contributed by atoms with van der Waals surface area (Å²) in [6.07, 6.45) is 3.11. The number of rotatable bonds is 4. The molecule has 0 amide bonds. The first-order valence-electron chi connectivity index (χ1n) is 4.93. The van der Waals surface area contributed by atoms with Crippen molar-refractivity contribution in [3.05, 3.63) is 36.0 Å². The third-order valence-electron chi connectivity index (χ3n) is 2.10. The van der Waals surface area contributed by atoms with Crippen LogP contribution in [0.2, 0.25) is 0 Å². The van der Waals surface area contributed by atoms with Crippen molar-refractivity contribution < 1.29 is 9.90 Å². The van der Waals surface area contributed by atoms with Crippen LogP contribution in [-0.4, -0.2) is 30.8 Å². The summed E-state index contributed by atoms with van der Waals surface area (Å²) in [5.41, 5.74) is 0.128. The molecule has 0 spiro atoms. The minimum Gasteiger partial charge on any atom is -0.478 e. The summed E-state index contributed by atoms with van der Waals surface area (Å²) >= 11 is 0. The van der Waals surface area contributed by atoms with Gasteiger partial charge in [0.15, 0.2) is 5.82 Å². The second kappa shape index (κ2) is 4.60. The molecule has 2 aromatic rings. The van der Waals surface area contributed by atoms with Crippen molar-refractivity contribution in [2.24, 2.45) is 7.05 Å². The normalized spacial score (nSPS) is 10.2. The molecule has 0 unspecified atom stereocenters. The van der Waals surface area contributed by atoms with Crippen molar-refractivity contribution in [2.45, 2.75) is 6.54 Å². The van der Waals surface area contributed by atoms with Gasteiger partial charge in [-0.15, -0.1) is 0 Å². The molecule has 2 heterocycles. The summed E-state index contributed by atoms with van der Waals surface area (Å²) in [5.74, 6) is -0.128. The smallest absolute Gasteiger partial charge is 0.339 e. The molecular weight excluding hydrogens is 222 g/mol. The van der Waals surface area contributed by atoms with Crippen LogP contribution in [0.5, 0.6) is 0 Å². The molecule has 17 heavy (non-hydrogen) atoms. The molecule has 0 saturated carbocycles. The van der Waals surface area contributed by atoms with Crippen molar-refractivity contribution in [2.75, 3.05) is 5.32 Å². The molecule has 0 aliphatic heterocycles. The van der Waals surface area contributed by atoms with Gasteiger partial charge in [0.25, 0.3) is 0 Å². The average molecular weight is 233 g/mol. The Kier molecular flexibility index (Phi) is 2.99. The number of carboxylic acids is 1. The van der Waals surface area contributed by atoms with E-state index in [1.165, 1.54) is 12.3 Å². The SMILES string of the molecule is Cn1cnc(CNc2ncccc2C(=O)O)n1. The molecule has 7 nitrogen and oxygen atoms in total. The van der Waals surface area contributed by atoms with Crippen LogP contribution in [0, 0.1) is 0 Å². The van der Waals surface area contributed by atoms with Crippen LogP contribution in [0.4, 0.5) is 5.82 Å². The van der Waals surface area contributed by atoms with Gasteiger partial charge in [0.05, 0.1) is 6.54 Å². The Bertz CT molecular complexity index is 537.